The Labute approximate surface area is 94.2 Å². The Morgan fingerprint density at radius 1 is 1.50 bits per heavy atom. The summed E-state index contributed by atoms with van der Waals surface area (Å²) in [6, 6.07) is -0.289. The standard InChI is InChI=1S/C10H17N3O3/c14-7-8-1-3-12(5-8)6-9(15)13-4-2-11-10(13)16/h8,14H,1-7H2,(H,11,16). The molecule has 0 aromatic heterocycles. The third-order valence-corrected chi connectivity index (χ3v) is 3.14. The third kappa shape index (κ3) is 2.33. The monoisotopic (exact) mass is 227 g/mol. The van der Waals surface area contributed by atoms with Crippen molar-refractivity contribution in [1.29, 1.82) is 0 Å². The molecular formula is C10H17N3O3. The zero-order valence-electron chi connectivity index (χ0n) is 9.19. The van der Waals surface area contributed by atoms with Gasteiger partial charge >= 0.3 is 6.03 Å². The van der Waals surface area contributed by atoms with Gasteiger partial charge in [0.1, 0.15) is 0 Å². The van der Waals surface area contributed by atoms with Crippen LogP contribution in [0.2, 0.25) is 0 Å². The smallest absolute Gasteiger partial charge is 0.324 e. The molecule has 6 heteroatoms. The Hall–Kier alpha value is -1.14. The van der Waals surface area contributed by atoms with Gasteiger partial charge in [0, 0.05) is 26.2 Å². The van der Waals surface area contributed by atoms with Crippen LogP contribution in [-0.2, 0) is 4.79 Å². The SMILES string of the molecule is O=C(CN1CCC(CO)C1)N1CCNC1=O. The lowest BCUT2D eigenvalue weighted by Gasteiger charge is -2.18. The molecule has 16 heavy (non-hydrogen) atoms. The summed E-state index contributed by atoms with van der Waals surface area (Å²) in [5.74, 6) is 0.133. The van der Waals surface area contributed by atoms with Crippen LogP contribution < -0.4 is 5.32 Å². The Morgan fingerprint density at radius 3 is 2.88 bits per heavy atom. The number of likely N-dealkylation sites (tertiary alicyclic amines) is 1. The van der Waals surface area contributed by atoms with E-state index in [0.29, 0.717) is 13.1 Å². The van der Waals surface area contributed by atoms with E-state index in [2.05, 4.69) is 5.32 Å². The van der Waals surface area contributed by atoms with Crippen molar-refractivity contribution in [1.82, 2.24) is 15.1 Å². The fourth-order valence-electron chi connectivity index (χ4n) is 2.19. The van der Waals surface area contributed by atoms with Crippen LogP contribution in [0, 0.1) is 5.92 Å². The molecular weight excluding hydrogens is 210 g/mol. The van der Waals surface area contributed by atoms with Crippen LogP contribution in [0.15, 0.2) is 0 Å². The molecule has 2 rings (SSSR count). The first-order valence-corrected chi connectivity index (χ1v) is 5.62. The minimum absolute atomic E-state index is 0.145. The van der Waals surface area contributed by atoms with Gasteiger partial charge in [0.15, 0.2) is 0 Å². The van der Waals surface area contributed by atoms with Crippen molar-refractivity contribution >= 4 is 11.9 Å². The van der Waals surface area contributed by atoms with Crippen molar-refractivity contribution < 1.29 is 14.7 Å². The van der Waals surface area contributed by atoms with E-state index in [9.17, 15) is 9.59 Å². The Balaban J connectivity index is 1.81. The number of rotatable bonds is 3. The highest BCUT2D eigenvalue weighted by Crippen LogP contribution is 2.15. The van der Waals surface area contributed by atoms with Gasteiger partial charge in [-0.15, -0.1) is 0 Å². The van der Waals surface area contributed by atoms with Crippen molar-refractivity contribution in [2.24, 2.45) is 5.92 Å². The highest BCUT2D eigenvalue weighted by molar-refractivity contribution is 5.96. The maximum absolute atomic E-state index is 11.8. The summed E-state index contributed by atoms with van der Waals surface area (Å²) in [5, 5.41) is 11.6. The number of amides is 3. The molecule has 0 bridgehead atoms. The summed E-state index contributed by atoms with van der Waals surface area (Å²) in [6.07, 6.45) is 0.927. The van der Waals surface area contributed by atoms with E-state index in [-0.39, 0.29) is 31.0 Å². The molecule has 2 fully saturated rings. The Kier molecular flexibility index (Phi) is 3.40. The lowest BCUT2D eigenvalue weighted by molar-refractivity contribution is -0.128. The summed E-state index contributed by atoms with van der Waals surface area (Å²) >= 11 is 0. The molecule has 90 valence electrons. The molecule has 2 aliphatic rings. The lowest BCUT2D eigenvalue weighted by atomic mass is 10.1. The molecule has 0 aromatic carbocycles. The van der Waals surface area contributed by atoms with Crippen LogP contribution in [0.25, 0.3) is 0 Å². The number of urea groups is 1. The number of carbonyl (C=O) groups excluding carboxylic acids is 2. The normalized spacial score (nSPS) is 26.2. The number of aliphatic hydroxyl groups is 1. The summed E-state index contributed by atoms with van der Waals surface area (Å²) in [4.78, 5) is 26.3. The van der Waals surface area contributed by atoms with Gasteiger partial charge in [-0.1, -0.05) is 0 Å². The number of hydrogen-bond acceptors (Lipinski definition) is 4. The molecule has 2 saturated heterocycles. The number of nitrogens with one attached hydrogen (secondary N) is 1. The van der Waals surface area contributed by atoms with E-state index in [1.54, 1.807) is 0 Å². The van der Waals surface area contributed by atoms with Crippen LogP contribution in [0.3, 0.4) is 0 Å². The first kappa shape index (κ1) is 11.3. The number of carbonyl (C=O) groups is 2. The van der Waals surface area contributed by atoms with E-state index in [1.165, 1.54) is 4.90 Å². The van der Waals surface area contributed by atoms with Crippen molar-refractivity contribution in [3.8, 4) is 0 Å². The van der Waals surface area contributed by atoms with Gasteiger partial charge in [-0.25, -0.2) is 4.79 Å². The van der Waals surface area contributed by atoms with Crippen molar-refractivity contribution in [2.45, 2.75) is 6.42 Å². The topological polar surface area (TPSA) is 72.9 Å². The van der Waals surface area contributed by atoms with E-state index >= 15 is 0 Å². The van der Waals surface area contributed by atoms with Gasteiger partial charge in [0.2, 0.25) is 5.91 Å². The molecule has 2 N–H and O–H groups in total. The summed E-state index contributed by atoms with van der Waals surface area (Å²) < 4.78 is 0. The average molecular weight is 227 g/mol. The fraction of sp³-hybridized carbons (Fsp3) is 0.800. The molecule has 0 spiro atoms. The van der Waals surface area contributed by atoms with E-state index in [1.807, 2.05) is 4.90 Å². The van der Waals surface area contributed by atoms with E-state index in [4.69, 9.17) is 5.11 Å². The molecule has 0 aromatic rings. The maximum Gasteiger partial charge on any atom is 0.324 e. The van der Waals surface area contributed by atoms with Gasteiger partial charge in [-0.2, -0.15) is 0 Å². The number of aliphatic hydroxyl groups excluding tert-OH is 1. The van der Waals surface area contributed by atoms with Gasteiger partial charge in [-0.05, 0) is 18.9 Å². The van der Waals surface area contributed by atoms with Crippen LogP contribution in [0.1, 0.15) is 6.42 Å². The first-order valence-electron chi connectivity index (χ1n) is 5.62. The predicted molar refractivity (Wildman–Crippen MR) is 56.7 cm³/mol. The second-order valence-corrected chi connectivity index (χ2v) is 4.35. The minimum atomic E-state index is -0.289. The molecule has 0 aliphatic carbocycles. The predicted octanol–water partition coefficient (Wildman–Crippen LogP) is -1.15. The quantitative estimate of drug-likeness (QED) is 0.639. The molecule has 1 atom stereocenters. The van der Waals surface area contributed by atoms with Crippen LogP contribution in [-0.4, -0.2) is 66.2 Å². The summed E-state index contributed by atoms with van der Waals surface area (Å²) in [5.41, 5.74) is 0. The van der Waals surface area contributed by atoms with E-state index in [0.717, 1.165) is 19.5 Å². The van der Waals surface area contributed by atoms with Gasteiger partial charge < -0.3 is 10.4 Å². The largest absolute Gasteiger partial charge is 0.396 e. The second-order valence-electron chi connectivity index (χ2n) is 4.35. The number of hydrogen-bond donors (Lipinski definition) is 2. The maximum atomic E-state index is 11.8. The molecule has 6 nitrogen and oxygen atoms in total. The van der Waals surface area contributed by atoms with Crippen LogP contribution in [0.4, 0.5) is 4.79 Å². The van der Waals surface area contributed by atoms with Gasteiger partial charge in [0.05, 0.1) is 6.54 Å². The Bertz CT molecular complexity index is 295. The molecule has 2 heterocycles. The van der Waals surface area contributed by atoms with Gasteiger partial charge in [-0.3, -0.25) is 14.6 Å². The first-order chi connectivity index (χ1) is 7.70. The summed E-state index contributed by atoms with van der Waals surface area (Å²) in [7, 11) is 0. The molecule has 0 saturated carbocycles. The third-order valence-electron chi connectivity index (χ3n) is 3.14. The van der Waals surface area contributed by atoms with Gasteiger partial charge in [0.25, 0.3) is 0 Å². The Morgan fingerprint density at radius 2 is 2.31 bits per heavy atom. The van der Waals surface area contributed by atoms with E-state index < -0.39 is 0 Å². The van der Waals surface area contributed by atoms with Crippen molar-refractivity contribution in [2.75, 3.05) is 39.3 Å². The minimum Gasteiger partial charge on any atom is -0.396 e. The molecule has 1 unspecified atom stereocenters. The molecule has 2 aliphatic heterocycles. The number of imide groups is 1. The summed E-state index contributed by atoms with van der Waals surface area (Å²) in [6.45, 7) is 3.04. The second kappa shape index (κ2) is 4.80. The number of nitrogens with zero attached hydrogens (tertiary/aromatic N) is 2. The van der Waals surface area contributed by atoms with Crippen molar-refractivity contribution in [3.05, 3.63) is 0 Å². The zero-order chi connectivity index (χ0) is 11.5. The fourth-order valence-corrected chi connectivity index (χ4v) is 2.19. The molecule has 3 amide bonds. The highest BCUT2D eigenvalue weighted by Gasteiger charge is 2.29. The van der Waals surface area contributed by atoms with Crippen LogP contribution >= 0.6 is 0 Å². The average Bonchev–Trinajstić information content (AvgIpc) is 2.86. The van der Waals surface area contributed by atoms with Crippen molar-refractivity contribution in [3.63, 3.8) is 0 Å². The zero-order valence-corrected chi connectivity index (χ0v) is 9.19. The lowest BCUT2D eigenvalue weighted by Crippen LogP contribution is -2.41. The molecule has 0 radical (unpaired) electrons. The highest BCUT2D eigenvalue weighted by atomic mass is 16.3. The van der Waals surface area contributed by atoms with Crippen LogP contribution in [0.5, 0.6) is 0 Å².